The number of hydrogen-bond donors (Lipinski definition) is 1. The summed E-state index contributed by atoms with van der Waals surface area (Å²) in [7, 11) is 1.53. The van der Waals surface area contributed by atoms with Gasteiger partial charge in [0.25, 0.3) is 5.91 Å². The maximum Gasteiger partial charge on any atom is 0.351 e. The van der Waals surface area contributed by atoms with Crippen LogP contribution in [-0.2, 0) is 19.1 Å². The zero-order valence-electron chi connectivity index (χ0n) is 11.7. The highest BCUT2D eigenvalue weighted by molar-refractivity contribution is 5.82. The Labute approximate surface area is 122 Å². The van der Waals surface area contributed by atoms with E-state index in [1.54, 1.807) is 18.2 Å². The molecule has 0 spiro atoms. The molecule has 1 aliphatic rings. The Kier molecular flexibility index (Phi) is 5.39. The molecule has 0 saturated heterocycles. The Bertz CT molecular complexity index is 504. The normalized spacial score (nSPS) is 16.1. The fourth-order valence-electron chi connectivity index (χ4n) is 1.71. The van der Waals surface area contributed by atoms with Crippen LogP contribution in [0.1, 0.15) is 0 Å². The predicted octanol–water partition coefficient (Wildman–Crippen LogP) is 0.132. The quantitative estimate of drug-likeness (QED) is 0.593. The van der Waals surface area contributed by atoms with Crippen molar-refractivity contribution >= 4 is 11.9 Å². The number of hydrogen-bond acceptors (Lipinski definition) is 6. The molecule has 0 bridgehead atoms. The third-order valence-electron chi connectivity index (χ3n) is 2.75. The third kappa shape index (κ3) is 4.35. The highest BCUT2D eigenvalue weighted by atomic mass is 16.6. The van der Waals surface area contributed by atoms with Gasteiger partial charge >= 0.3 is 5.97 Å². The SMILES string of the molecule is COCCNC(=O)COC(=O)[C@H]1COc2ccccc2O1. The van der Waals surface area contributed by atoms with Crippen molar-refractivity contribution in [2.75, 3.05) is 33.5 Å². The van der Waals surface area contributed by atoms with Gasteiger partial charge < -0.3 is 24.3 Å². The lowest BCUT2D eigenvalue weighted by Crippen LogP contribution is -2.40. The second-order valence-electron chi connectivity index (χ2n) is 4.31. The molecule has 1 aromatic rings. The van der Waals surface area contributed by atoms with E-state index >= 15 is 0 Å². The lowest BCUT2D eigenvalue weighted by Gasteiger charge is -2.24. The van der Waals surface area contributed by atoms with Gasteiger partial charge in [-0.25, -0.2) is 4.79 Å². The van der Waals surface area contributed by atoms with E-state index in [-0.39, 0.29) is 13.2 Å². The van der Waals surface area contributed by atoms with Gasteiger partial charge in [-0.2, -0.15) is 0 Å². The lowest BCUT2D eigenvalue weighted by molar-refractivity contribution is -0.157. The van der Waals surface area contributed by atoms with E-state index in [2.05, 4.69) is 5.32 Å². The summed E-state index contributed by atoms with van der Waals surface area (Å²) in [5.74, 6) is 0.0398. The summed E-state index contributed by atoms with van der Waals surface area (Å²) in [6.45, 7) is 0.463. The molecule has 7 nitrogen and oxygen atoms in total. The molecule has 0 unspecified atom stereocenters. The number of ether oxygens (including phenoxy) is 4. The number of nitrogens with one attached hydrogen (secondary N) is 1. The zero-order valence-corrected chi connectivity index (χ0v) is 11.7. The first-order valence-corrected chi connectivity index (χ1v) is 6.51. The first kappa shape index (κ1) is 15.1. The van der Waals surface area contributed by atoms with Crippen LogP contribution >= 0.6 is 0 Å². The molecule has 1 aliphatic heterocycles. The van der Waals surface area contributed by atoms with Gasteiger partial charge in [-0.15, -0.1) is 0 Å². The van der Waals surface area contributed by atoms with Gasteiger partial charge in [0.2, 0.25) is 6.10 Å². The van der Waals surface area contributed by atoms with Crippen LogP contribution in [0.3, 0.4) is 0 Å². The van der Waals surface area contributed by atoms with Crippen LogP contribution in [-0.4, -0.2) is 51.5 Å². The summed E-state index contributed by atoms with van der Waals surface area (Å²) < 4.78 is 20.6. The highest BCUT2D eigenvalue weighted by Crippen LogP contribution is 2.30. The molecule has 114 valence electrons. The molecule has 0 saturated carbocycles. The summed E-state index contributed by atoms with van der Waals surface area (Å²) in [6.07, 6.45) is -0.869. The molecule has 1 heterocycles. The minimum Gasteiger partial charge on any atom is -0.485 e. The maximum atomic E-state index is 11.8. The summed E-state index contributed by atoms with van der Waals surface area (Å²) in [6, 6.07) is 7.04. The number of rotatable bonds is 6. The second-order valence-corrected chi connectivity index (χ2v) is 4.31. The average Bonchev–Trinajstić information content (AvgIpc) is 2.52. The lowest BCUT2D eigenvalue weighted by atomic mass is 10.2. The second kappa shape index (κ2) is 7.49. The molecule has 21 heavy (non-hydrogen) atoms. The van der Waals surface area contributed by atoms with Crippen molar-refractivity contribution < 1.29 is 28.5 Å². The molecule has 0 aromatic heterocycles. The van der Waals surface area contributed by atoms with Crippen molar-refractivity contribution in [3.05, 3.63) is 24.3 Å². The fourth-order valence-corrected chi connectivity index (χ4v) is 1.71. The molecule has 0 fully saturated rings. The van der Waals surface area contributed by atoms with E-state index in [4.69, 9.17) is 18.9 Å². The molecular formula is C14H17NO6. The minimum atomic E-state index is -0.869. The monoisotopic (exact) mass is 295 g/mol. The van der Waals surface area contributed by atoms with Gasteiger partial charge in [0, 0.05) is 13.7 Å². The van der Waals surface area contributed by atoms with Gasteiger partial charge in [0.05, 0.1) is 6.61 Å². The van der Waals surface area contributed by atoms with Crippen molar-refractivity contribution in [2.24, 2.45) is 0 Å². The molecule has 1 N–H and O–H groups in total. The van der Waals surface area contributed by atoms with Gasteiger partial charge in [-0.3, -0.25) is 4.79 Å². The van der Waals surface area contributed by atoms with Crippen LogP contribution in [0.5, 0.6) is 11.5 Å². The third-order valence-corrected chi connectivity index (χ3v) is 2.75. The number of carbonyl (C=O) groups excluding carboxylic acids is 2. The first-order chi connectivity index (χ1) is 10.2. The van der Waals surface area contributed by atoms with Crippen LogP contribution in [0.4, 0.5) is 0 Å². The Hall–Kier alpha value is -2.28. The number of para-hydroxylation sites is 2. The van der Waals surface area contributed by atoms with Crippen molar-refractivity contribution in [1.82, 2.24) is 5.32 Å². The molecule has 1 atom stereocenters. The molecule has 0 radical (unpaired) electrons. The van der Waals surface area contributed by atoms with Crippen LogP contribution in [0, 0.1) is 0 Å². The Balaban J connectivity index is 1.76. The zero-order chi connectivity index (χ0) is 15.1. The van der Waals surface area contributed by atoms with Gasteiger partial charge in [0.15, 0.2) is 18.1 Å². The van der Waals surface area contributed by atoms with E-state index in [9.17, 15) is 9.59 Å². The van der Waals surface area contributed by atoms with E-state index < -0.39 is 18.0 Å². The first-order valence-electron chi connectivity index (χ1n) is 6.51. The minimum absolute atomic E-state index is 0.0567. The Morgan fingerprint density at radius 1 is 1.33 bits per heavy atom. The summed E-state index contributed by atoms with van der Waals surface area (Å²) in [5.41, 5.74) is 0. The van der Waals surface area contributed by atoms with Crippen LogP contribution in [0.25, 0.3) is 0 Å². The van der Waals surface area contributed by atoms with Crippen LogP contribution in [0.15, 0.2) is 24.3 Å². The van der Waals surface area contributed by atoms with E-state index in [1.807, 2.05) is 6.07 Å². The summed E-state index contributed by atoms with van der Waals surface area (Å²) in [5, 5.41) is 2.54. The largest absolute Gasteiger partial charge is 0.485 e. The number of fused-ring (bicyclic) bond motifs is 1. The number of benzene rings is 1. The van der Waals surface area contributed by atoms with Gasteiger partial charge in [-0.05, 0) is 12.1 Å². The smallest absolute Gasteiger partial charge is 0.351 e. The summed E-state index contributed by atoms with van der Waals surface area (Å²) >= 11 is 0. The molecule has 2 rings (SSSR count). The standard InChI is InChI=1S/C14H17NO6/c1-18-7-6-15-13(16)9-20-14(17)12-8-19-10-4-2-3-5-11(10)21-12/h2-5,12H,6-9H2,1H3,(H,15,16)/t12-/m1/s1. The molecule has 1 aromatic carbocycles. The van der Waals surface area contributed by atoms with Crippen LogP contribution < -0.4 is 14.8 Å². The summed E-state index contributed by atoms with van der Waals surface area (Å²) in [4.78, 5) is 23.2. The molecular weight excluding hydrogens is 278 g/mol. The number of amides is 1. The highest BCUT2D eigenvalue weighted by Gasteiger charge is 2.28. The van der Waals surface area contributed by atoms with E-state index in [1.165, 1.54) is 7.11 Å². The average molecular weight is 295 g/mol. The molecule has 7 heteroatoms. The Morgan fingerprint density at radius 3 is 2.86 bits per heavy atom. The van der Waals surface area contributed by atoms with Crippen molar-refractivity contribution in [1.29, 1.82) is 0 Å². The molecule has 0 aliphatic carbocycles. The number of esters is 1. The Morgan fingerprint density at radius 2 is 2.10 bits per heavy atom. The van der Waals surface area contributed by atoms with Crippen molar-refractivity contribution in [3.8, 4) is 11.5 Å². The molecule has 1 amide bonds. The van der Waals surface area contributed by atoms with Crippen molar-refractivity contribution in [3.63, 3.8) is 0 Å². The van der Waals surface area contributed by atoms with E-state index in [0.717, 1.165) is 0 Å². The van der Waals surface area contributed by atoms with E-state index in [0.29, 0.717) is 24.7 Å². The number of methoxy groups -OCH3 is 1. The van der Waals surface area contributed by atoms with Crippen LogP contribution in [0.2, 0.25) is 0 Å². The topological polar surface area (TPSA) is 83.1 Å². The van der Waals surface area contributed by atoms with Gasteiger partial charge in [-0.1, -0.05) is 12.1 Å². The fraction of sp³-hybridized carbons (Fsp3) is 0.429. The number of carbonyl (C=O) groups is 2. The maximum absolute atomic E-state index is 11.8. The van der Waals surface area contributed by atoms with Gasteiger partial charge in [0.1, 0.15) is 6.61 Å². The predicted molar refractivity (Wildman–Crippen MR) is 72.2 cm³/mol. The van der Waals surface area contributed by atoms with Crippen molar-refractivity contribution in [2.45, 2.75) is 6.10 Å².